The zero-order valence-electron chi connectivity index (χ0n) is 4.79. The summed E-state index contributed by atoms with van der Waals surface area (Å²) < 4.78 is 0. The summed E-state index contributed by atoms with van der Waals surface area (Å²) in [7, 11) is 0. The summed E-state index contributed by atoms with van der Waals surface area (Å²) >= 11 is 0. The number of aliphatic hydroxyl groups is 1. The average molecular weight is 118 g/mol. The third kappa shape index (κ3) is 1.61. The van der Waals surface area contributed by atoms with Crippen LogP contribution >= 0.6 is 0 Å². The minimum atomic E-state index is -1.00. The van der Waals surface area contributed by atoms with Crippen LogP contribution in [0.1, 0.15) is 6.92 Å². The molecule has 0 saturated heterocycles. The van der Waals surface area contributed by atoms with E-state index < -0.39 is 5.60 Å². The predicted octanol–water partition coefficient (Wildman–Crippen LogP) is 0.413. The Bertz CT molecular complexity index is 75.7. The zero-order valence-corrected chi connectivity index (χ0v) is 4.79. The van der Waals surface area contributed by atoms with Crippen LogP contribution in [0, 0.1) is 0 Å². The molecule has 0 aromatic heterocycles. The van der Waals surface area contributed by atoms with Crippen LogP contribution in [0.4, 0.5) is 0 Å². The third-order valence-electron chi connectivity index (χ3n) is 0.954. The van der Waals surface area contributed by atoms with Crippen LogP contribution in [0.25, 0.3) is 0 Å². The molecule has 8 heavy (non-hydrogen) atoms. The molecular weight excluding hydrogens is 108 g/mol. The minimum Gasteiger partial charge on any atom is -0.393 e. The minimum absolute atomic E-state index is 0.271. The summed E-state index contributed by atoms with van der Waals surface area (Å²) in [5.41, 5.74) is -1.00. The van der Waals surface area contributed by atoms with Crippen LogP contribution in [-0.2, 0) is 4.89 Å². The molecule has 1 unspecified atom stereocenters. The molecule has 0 aliphatic rings. The Kier molecular flexibility index (Phi) is 2.68. The van der Waals surface area contributed by atoms with Crippen molar-refractivity contribution in [3.63, 3.8) is 0 Å². The van der Waals surface area contributed by atoms with E-state index in [1.54, 1.807) is 0 Å². The zero-order chi connectivity index (χ0) is 6.62. The fraction of sp³-hybridized carbons (Fsp3) is 0.600. The van der Waals surface area contributed by atoms with E-state index in [-0.39, 0.29) is 6.61 Å². The lowest BCUT2D eigenvalue weighted by atomic mass is 10.1. The smallest absolute Gasteiger partial charge is 0.141 e. The first kappa shape index (κ1) is 7.62. The number of aliphatic hydroxyl groups excluding tert-OH is 1. The van der Waals surface area contributed by atoms with Crippen molar-refractivity contribution in [3.8, 4) is 0 Å². The Morgan fingerprint density at radius 1 is 1.88 bits per heavy atom. The molecule has 0 heterocycles. The monoisotopic (exact) mass is 118 g/mol. The van der Waals surface area contributed by atoms with Gasteiger partial charge < -0.3 is 5.11 Å². The molecule has 2 N–H and O–H groups in total. The van der Waals surface area contributed by atoms with E-state index in [0.717, 1.165) is 0 Å². The Labute approximate surface area is 48.1 Å². The quantitative estimate of drug-likeness (QED) is 0.320. The molecule has 0 aromatic rings. The normalized spacial score (nSPS) is 17.4. The highest BCUT2D eigenvalue weighted by Gasteiger charge is 2.18. The van der Waals surface area contributed by atoms with E-state index in [2.05, 4.69) is 11.5 Å². The molecule has 0 bridgehead atoms. The van der Waals surface area contributed by atoms with Crippen molar-refractivity contribution in [1.82, 2.24) is 0 Å². The summed E-state index contributed by atoms with van der Waals surface area (Å²) in [5, 5.41) is 16.5. The number of rotatable bonds is 3. The third-order valence-corrected chi connectivity index (χ3v) is 0.954. The summed E-state index contributed by atoms with van der Waals surface area (Å²) in [5.74, 6) is 0. The van der Waals surface area contributed by atoms with Crippen molar-refractivity contribution in [1.29, 1.82) is 0 Å². The summed E-state index contributed by atoms with van der Waals surface area (Å²) in [6.07, 6.45) is 1.33. The van der Waals surface area contributed by atoms with Gasteiger partial charge in [0.15, 0.2) is 0 Å². The lowest BCUT2D eigenvalue weighted by molar-refractivity contribution is -0.309. The number of hydrogen-bond acceptors (Lipinski definition) is 3. The SMILES string of the molecule is C=CC(C)(CO)OO. The van der Waals surface area contributed by atoms with E-state index in [9.17, 15) is 0 Å². The Hall–Kier alpha value is -0.380. The first-order valence-corrected chi connectivity index (χ1v) is 2.25. The maximum Gasteiger partial charge on any atom is 0.141 e. The molecule has 0 fully saturated rings. The molecule has 0 aliphatic heterocycles. The van der Waals surface area contributed by atoms with E-state index in [4.69, 9.17) is 10.4 Å². The second-order valence-corrected chi connectivity index (χ2v) is 1.77. The van der Waals surface area contributed by atoms with E-state index >= 15 is 0 Å². The van der Waals surface area contributed by atoms with Gasteiger partial charge in [-0.25, -0.2) is 4.89 Å². The topological polar surface area (TPSA) is 49.7 Å². The molecule has 0 aliphatic carbocycles. The van der Waals surface area contributed by atoms with Gasteiger partial charge >= 0.3 is 0 Å². The molecule has 0 rings (SSSR count). The van der Waals surface area contributed by atoms with Crippen molar-refractivity contribution in [2.24, 2.45) is 0 Å². The Morgan fingerprint density at radius 2 is 2.38 bits per heavy atom. The molecule has 3 heteroatoms. The van der Waals surface area contributed by atoms with Crippen molar-refractivity contribution in [2.75, 3.05) is 6.61 Å². The van der Waals surface area contributed by atoms with Crippen LogP contribution in [0.15, 0.2) is 12.7 Å². The van der Waals surface area contributed by atoms with E-state index in [0.29, 0.717) is 0 Å². The average Bonchev–Trinajstić information content (AvgIpc) is 1.87. The molecule has 0 amide bonds. The Balaban J connectivity index is 3.76. The van der Waals surface area contributed by atoms with Gasteiger partial charge in [-0.15, -0.1) is 6.58 Å². The highest BCUT2D eigenvalue weighted by atomic mass is 17.1. The van der Waals surface area contributed by atoms with Crippen LogP contribution < -0.4 is 0 Å². The van der Waals surface area contributed by atoms with Gasteiger partial charge in [-0.3, -0.25) is 5.26 Å². The van der Waals surface area contributed by atoms with E-state index in [1.807, 2.05) is 0 Å². The van der Waals surface area contributed by atoms with Crippen molar-refractivity contribution >= 4 is 0 Å². The fourth-order valence-electron chi connectivity index (χ4n) is 0.131. The maximum absolute atomic E-state index is 8.43. The second kappa shape index (κ2) is 2.81. The molecule has 1 atom stereocenters. The molecule has 0 spiro atoms. The van der Waals surface area contributed by atoms with Crippen LogP contribution in [0.3, 0.4) is 0 Å². The predicted molar refractivity (Wildman–Crippen MR) is 29.4 cm³/mol. The van der Waals surface area contributed by atoms with Gasteiger partial charge in [0.1, 0.15) is 5.60 Å². The maximum atomic E-state index is 8.43. The summed E-state index contributed by atoms with van der Waals surface area (Å²) in [6.45, 7) is 4.57. The largest absolute Gasteiger partial charge is 0.393 e. The van der Waals surface area contributed by atoms with Gasteiger partial charge in [0.2, 0.25) is 0 Å². The molecule has 0 radical (unpaired) electrons. The molecular formula is C5H10O3. The van der Waals surface area contributed by atoms with E-state index in [1.165, 1.54) is 13.0 Å². The van der Waals surface area contributed by atoms with Gasteiger partial charge in [0, 0.05) is 0 Å². The van der Waals surface area contributed by atoms with Gasteiger partial charge in [0.25, 0.3) is 0 Å². The van der Waals surface area contributed by atoms with Crippen LogP contribution in [-0.4, -0.2) is 22.6 Å². The van der Waals surface area contributed by atoms with Crippen molar-refractivity contribution in [2.45, 2.75) is 12.5 Å². The fourth-order valence-corrected chi connectivity index (χ4v) is 0.131. The van der Waals surface area contributed by atoms with Crippen LogP contribution in [0.5, 0.6) is 0 Å². The van der Waals surface area contributed by atoms with Crippen molar-refractivity contribution < 1.29 is 15.3 Å². The van der Waals surface area contributed by atoms with Crippen molar-refractivity contribution in [3.05, 3.63) is 12.7 Å². The first-order chi connectivity index (χ1) is 3.68. The van der Waals surface area contributed by atoms with Crippen LogP contribution in [0.2, 0.25) is 0 Å². The first-order valence-electron chi connectivity index (χ1n) is 2.25. The summed E-state index contributed by atoms with van der Waals surface area (Å²) in [6, 6.07) is 0. The lowest BCUT2D eigenvalue weighted by Gasteiger charge is -2.16. The lowest BCUT2D eigenvalue weighted by Crippen LogP contribution is -2.28. The molecule has 0 saturated carbocycles. The van der Waals surface area contributed by atoms with Gasteiger partial charge in [-0.2, -0.15) is 0 Å². The number of hydrogen-bond donors (Lipinski definition) is 2. The second-order valence-electron chi connectivity index (χ2n) is 1.77. The van der Waals surface area contributed by atoms with Gasteiger partial charge in [-0.05, 0) is 6.92 Å². The standard InChI is InChI=1S/C5H10O3/c1-3-5(2,4-6)8-7/h3,6-7H,1,4H2,2H3. The highest BCUT2D eigenvalue weighted by Crippen LogP contribution is 2.06. The highest BCUT2D eigenvalue weighted by molar-refractivity contribution is 4.91. The molecule has 48 valence electrons. The Morgan fingerprint density at radius 3 is 2.38 bits per heavy atom. The molecule has 3 nitrogen and oxygen atoms in total. The summed E-state index contributed by atoms with van der Waals surface area (Å²) in [4.78, 5) is 3.87. The van der Waals surface area contributed by atoms with Gasteiger partial charge in [-0.1, -0.05) is 6.08 Å². The van der Waals surface area contributed by atoms with Gasteiger partial charge in [0.05, 0.1) is 6.61 Å². The molecule has 0 aromatic carbocycles.